The van der Waals surface area contributed by atoms with Gasteiger partial charge in [0.1, 0.15) is 0 Å². The van der Waals surface area contributed by atoms with Crippen LogP contribution in [-0.4, -0.2) is 13.2 Å². The van der Waals surface area contributed by atoms with Crippen molar-refractivity contribution < 1.29 is 4.74 Å². The van der Waals surface area contributed by atoms with Crippen molar-refractivity contribution in [3.05, 3.63) is 11.6 Å². The Morgan fingerprint density at radius 2 is 2.31 bits per heavy atom. The van der Waals surface area contributed by atoms with E-state index in [-0.39, 0.29) is 0 Å². The van der Waals surface area contributed by atoms with Crippen molar-refractivity contribution in [1.82, 2.24) is 5.32 Å². The maximum atomic E-state index is 5.50. The minimum atomic E-state index is 0.529. The van der Waals surface area contributed by atoms with E-state index in [1.54, 1.807) is 0 Å². The molecular weight excluding hydrogens is 164 g/mol. The van der Waals surface area contributed by atoms with Gasteiger partial charge in [0.25, 0.3) is 0 Å². The van der Waals surface area contributed by atoms with E-state index in [1.807, 2.05) is 0 Å². The number of rotatable bonds is 7. The van der Waals surface area contributed by atoms with Gasteiger partial charge in [0.15, 0.2) is 0 Å². The number of hydrogen-bond donors (Lipinski definition) is 2. The van der Waals surface area contributed by atoms with Gasteiger partial charge in [-0.05, 0) is 19.4 Å². The third kappa shape index (κ3) is 3.27. The molecule has 0 aromatic carbocycles. The Balaban J connectivity index is 2.15. The van der Waals surface area contributed by atoms with E-state index < -0.39 is 0 Å². The number of hydrogen-bond acceptors (Lipinski definition) is 3. The summed E-state index contributed by atoms with van der Waals surface area (Å²) in [4.78, 5) is 0. The SMILES string of the molecule is CCCCOC1=C(C(C)CCN)N1. The van der Waals surface area contributed by atoms with Crippen LogP contribution in [0.1, 0.15) is 33.1 Å². The fraction of sp³-hybridized carbons (Fsp3) is 0.800. The van der Waals surface area contributed by atoms with Crippen LogP contribution in [0.5, 0.6) is 0 Å². The highest BCUT2D eigenvalue weighted by atomic mass is 16.5. The normalized spacial score (nSPS) is 16.8. The first kappa shape index (κ1) is 10.4. The van der Waals surface area contributed by atoms with Crippen LogP contribution in [-0.2, 0) is 4.74 Å². The topological polar surface area (TPSA) is 57.2 Å². The highest BCUT2D eigenvalue weighted by Crippen LogP contribution is 2.26. The first-order valence-electron chi connectivity index (χ1n) is 5.13. The summed E-state index contributed by atoms with van der Waals surface area (Å²) in [6, 6.07) is 0. The molecule has 0 aliphatic carbocycles. The Kier molecular flexibility index (Phi) is 4.09. The first-order valence-corrected chi connectivity index (χ1v) is 5.13. The van der Waals surface area contributed by atoms with Gasteiger partial charge < -0.3 is 15.8 Å². The highest BCUT2D eigenvalue weighted by molar-refractivity contribution is 5.26. The lowest BCUT2D eigenvalue weighted by molar-refractivity contribution is 0.216. The lowest BCUT2D eigenvalue weighted by atomic mass is 10.1. The second kappa shape index (κ2) is 5.12. The van der Waals surface area contributed by atoms with Crippen molar-refractivity contribution in [3.63, 3.8) is 0 Å². The van der Waals surface area contributed by atoms with Crippen LogP contribution in [0.4, 0.5) is 0 Å². The van der Waals surface area contributed by atoms with Gasteiger partial charge in [-0.1, -0.05) is 20.3 Å². The van der Waals surface area contributed by atoms with Gasteiger partial charge in [-0.2, -0.15) is 0 Å². The van der Waals surface area contributed by atoms with Crippen LogP contribution in [0.3, 0.4) is 0 Å². The molecule has 1 unspecified atom stereocenters. The standard InChI is InChI=1S/C10H20N2O/c1-3-4-7-13-10-9(12-10)8(2)5-6-11/h8,12H,3-7,11H2,1-2H3. The fourth-order valence-electron chi connectivity index (χ4n) is 1.26. The van der Waals surface area contributed by atoms with Crippen molar-refractivity contribution in [2.24, 2.45) is 11.7 Å². The monoisotopic (exact) mass is 184 g/mol. The maximum absolute atomic E-state index is 5.50. The van der Waals surface area contributed by atoms with E-state index in [1.165, 1.54) is 12.1 Å². The first-order chi connectivity index (χ1) is 6.29. The molecule has 1 rings (SSSR count). The Morgan fingerprint density at radius 1 is 1.54 bits per heavy atom. The van der Waals surface area contributed by atoms with Crippen molar-refractivity contribution in [3.8, 4) is 0 Å². The van der Waals surface area contributed by atoms with Crippen LogP contribution in [0.15, 0.2) is 11.6 Å². The van der Waals surface area contributed by atoms with Crippen molar-refractivity contribution in [1.29, 1.82) is 0 Å². The summed E-state index contributed by atoms with van der Waals surface area (Å²) in [6.45, 7) is 5.91. The molecule has 0 saturated heterocycles. The molecule has 0 saturated carbocycles. The molecule has 76 valence electrons. The molecule has 0 spiro atoms. The van der Waals surface area contributed by atoms with Crippen LogP contribution in [0, 0.1) is 5.92 Å². The summed E-state index contributed by atoms with van der Waals surface area (Å²) in [6.07, 6.45) is 3.34. The predicted molar refractivity (Wildman–Crippen MR) is 53.9 cm³/mol. The minimum absolute atomic E-state index is 0.529. The van der Waals surface area contributed by atoms with E-state index >= 15 is 0 Å². The second-order valence-electron chi connectivity index (χ2n) is 3.55. The molecule has 3 nitrogen and oxygen atoms in total. The Hall–Kier alpha value is -0.700. The summed E-state index contributed by atoms with van der Waals surface area (Å²) < 4.78 is 5.50. The largest absolute Gasteiger partial charge is 0.478 e. The van der Waals surface area contributed by atoms with E-state index in [2.05, 4.69) is 19.2 Å². The molecule has 1 aliphatic rings. The van der Waals surface area contributed by atoms with Crippen LogP contribution in [0.25, 0.3) is 0 Å². The average Bonchev–Trinajstić information content (AvgIpc) is 2.85. The third-order valence-electron chi connectivity index (χ3n) is 2.27. The minimum Gasteiger partial charge on any atom is -0.478 e. The van der Waals surface area contributed by atoms with Gasteiger partial charge in [0.2, 0.25) is 5.88 Å². The second-order valence-corrected chi connectivity index (χ2v) is 3.55. The maximum Gasteiger partial charge on any atom is 0.211 e. The molecular formula is C10H20N2O. The summed E-state index contributed by atoms with van der Waals surface area (Å²) in [5.41, 5.74) is 6.72. The summed E-state index contributed by atoms with van der Waals surface area (Å²) >= 11 is 0. The summed E-state index contributed by atoms with van der Waals surface area (Å²) in [5.74, 6) is 1.52. The molecule has 0 fully saturated rings. The van der Waals surface area contributed by atoms with Gasteiger partial charge in [-0.15, -0.1) is 0 Å². The predicted octanol–water partition coefficient (Wildman–Crippen LogP) is 1.56. The van der Waals surface area contributed by atoms with Gasteiger partial charge in [0.05, 0.1) is 12.3 Å². The van der Waals surface area contributed by atoms with Gasteiger partial charge in [0, 0.05) is 5.92 Å². The number of nitrogens with one attached hydrogen (secondary N) is 1. The quantitative estimate of drug-likeness (QED) is 0.590. The smallest absolute Gasteiger partial charge is 0.211 e. The zero-order valence-electron chi connectivity index (χ0n) is 8.60. The molecule has 3 N–H and O–H groups in total. The molecule has 0 aromatic rings. The Labute approximate surface area is 80.3 Å². The summed E-state index contributed by atoms with van der Waals surface area (Å²) in [5, 5.41) is 3.17. The van der Waals surface area contributed by atoms with Gasteiger partial charge >= 0.3 is 0 Å². The Morgan fingerprint density at radius 3 is 2.92 bits per heavy atom. The molecule has 13 heavy (non-hydrogen) atoms. The van der Waals surface area contributed by atoms with Gasteiger partial charge in [-0.3, -0.25) is 0 Å². The zero-order valence-corrected chi connectivity index (χ0v) is 8.60. The molecule has 1 atom stereocenters. The van der Waals surface area contributed by atoms with E-state index in [0.29, 0.717) is 5.92 Å². The van der Waals surface area contributed by atoms with Crippen LogP contribution in [0.2, 0.25) is 0 Å². The number of ether oxygens (including phenoxy) is 1. The molecule has 1 aliphatic heterocycles. The van der Waals surface area contributed by atoms with Crippen LogP contribution < -0.4 is 11.1 Å². The molecule has 1 heterocycles. The lowest BCUT2D eigenvalue weighted by Crippen LogP contribution is -2.06. The van der Waals surface area contributed by atoms with Crippen molar-refractivity contribution in [2.45, 2.75) is 33.1 Å². The molecule has 3 heteroatoms. The Bertz CT molecular complexity index is 189. The van der Waals surface area contributed by atoms with Crippen LogP contribution >= 0.6 is 0 Å². The average molecular weight is 184 g/mol. The number of nitrogens with two attached hydrogens (primary N) is 1. The fourth-order valence-corrected chi connectivity index (χ4v) is 1.26. The number of unbranched alkanes of at least 4 members (excludes halogenated alkanes) is 1. The van der Waals surface area contributed by atoms with E-state index in [0.717, 1.165) is 31.9 Å². The third-order valence-corrected chi connectivity index (χ3v) is 2.27. The molecule has 0 bridgehead atoms. The van der Waals surface area contributed by atoms with Crippen molar-refractivity contribution >= 4 is 0 Å². The zero-order chi connectivity index (χ0) is 9.68. The number of allylic oxidation sites excluding steroid dienone is 1. The molecule has 0 amide bonds. The van der Waals surface area contributed by atoms with Crippen molar-refractivity contribution in [2.75, 3.05) is 13.2 Å². The lowest BCUT2D eigenvalue weighted by Gasteiger charge is -2.00. The molecule has 0 radical (unpaired) electrons. The van der Waals surface area contributed by atoms with E-state index in [4.69, 9.17) is 10.5 Å². The van der Waals surface area contributed by atoms with E-state index in [9.17, 15) is 0 Å². The van der Waals surface area contributed by atoms with Gasteiger partial charge in [-0.25, -0.2) is 0 Å². The molecule has 0 aromatic heterocycles. The summed E-state index contributed by atoms with van der Waals surface area (Å²) in [7, 11) is 0. The highest BCUT2D eigenvalue weighted by Gasteiger charge is 2.27.